The van der Waals surface area contributed by atoms with Crippen molar-refractivity contribution < 1.29 is 4.79 Å². The van der Waals surface area contributed by atoms with Gasteiger partial charge in [-0.15, -0.1) is 0 Å². The number of anilines is 1. The first kappa shape index (κ1) is 12.5. The van der Waals surface area contributed by atoms with E-state index in [1.54, 1.807) is 18.2 Å². The molecule has 0 saturated carbocycles. The third kappa shape index (κ3) is 2.98. The standard InChI is InChI=1S/C12H13ClN2O/c1-3-8(2)12(16)15-11-6-9(7-14)4-5-10(11)13/h4-6,8H,3H2,1-2H3,(H,15,16). The smallest absolute Gasteiger partial charge is 0.227 e. The summed E-state index contributed by atoms with van der Waals surface area (Å²) >= 11 is 5.92. The molecular weight excluding hydrogens is 224 g/mol. The highest BCUT2D eigenvalue weighted by molar-refractivity contribution is 6.33. The lowest BCUT2D eigenvalue weighted by Gasteiger charge is -2.11. The molecule has 0 aliphatic carbocycles. The molecule has 1 amide bonds. The van der Waals surface area contributed by atoms with Crippen molar-refractivity contribution in [1.82, 2.24) is 0 Å². The number of amides is 1. The maximum atomic E-state index is 11.6. The van der Waals surface area contributed by atoms with Crippen molar-refractivity contribution in [2.24, 2.45) is 5.92 Å². The molecule has 84 valence electrons. The molecule has 1 aromatic carbocycles. The van der Waals surface area contributed by atoms with Crippen LogP contribution in [-0.2, 0) is 4.79 Å². The molecule has 1 unspecified atom stereocenters. The van der Waals surface area contributed by atoms with Crippen LogP contribution < -0.4 is 5.32 Å². The highest BCUT2D eigenvalue weighted by Gasteiger charge is 2.12. The first-order valence-corrected chi connectivity index (χ1v) is 5.46. The van der Waals surface area contributed by atoms with Gasteiger partial charge in [-0.2, -0.15) is 5.26 Å². The van der Waals surface area contributed by atoms with Gasteiger partial charge in [0.1, 0.15) is 0 Å². The predicted molar refractivity (Wildman–Crippen MR) is 64.3 cm³/mol. The summed E-state index contributed by atoms with van der Waals surface area (Å²) < 4.78 is 0. The number of hydrogen-bond donors (Lipinski definition) is 1. The van der Waals surface area contributed by atoms with Crippen molar-refractivity contribution in [3.8, 4) is 6.07 Å². The summed E-state index contributed by atoms with van der Waals surface area (Å²) in [6.07, 6.45) is 0.765. The molecule has 4 heteroatoms. The maximum absolute atomic E-state index is 11.6. The number of carbonyl (C=O) groups excluding carboxylic acids is 1. The van der Waals surface area contributed by atoms with Crippen LogP contribution in [0.3, 0.4) is 0 Å². The van der Waals surface area contributed by atoms with Crippen molar-refractivity contribution >= 4 is 23.2 Å². The maximum Gasteiger partial charge on any atom is 0.227 e. The number of rotatable bonds is 3. The van der Waals surface area contributed by atoms with E-state index in [0.717, 1.165) is 6.42 Å². The van der Waals surface area contributed by atoms with Gasteiger partial charge < -0.3 is 5.32 Å². The molecule has 1 atom stereocenters. The van der Waals surface area contributed by atoms with Crippen LogP contribution in [0.15, 0.2) is 18.2 Å². The number of nitrogens with zero attached hydrogens (tertiary/aromatic N) is 1. The largest absolute Gasteiger partial charge is 0.324 e. The number of halogens is 1. The second kappa shape index (κ2) is 5.53. The Balaban J connectivity index is 2.89. The van der Waals surface area contributed by atoms with Crippen molar-refractivity contribution in [2.45, 2.75) is 20.3 Å². The van der Waals surface area contributed by atoms with E-state index in [0.29, 0.717) is 16.3 Å². The molecule has 0 radical (unpaired) electrons. The zero-order valence-electron chi connectivity index (χ0n) is 9.25. The van der Waals surface area contributed by atoms with Gasteiger partial charge >= 0.3 is 0 Å². The van der Waals surface area contributed by atoms with Crippen molar-refractivity contribution in [2.75, 3.05) is 5.32 Å². The third-order valence-electron chi connectivity index (χ3n) is 2.41. The SMILES string of the molecule is CCC(C)C(=O)Nc1cc(C#N)ccc1Cl. The molecule has 0 saturated heterocycles. The molecule has 1 aromatic rings. The van der Waals surface area contributed by atoms with E-state index in [9.17, 15) is 4.79 Å². The summed E-state index contributed by atoms with van der Waals surface area (Å²) in [6, 6.07) is 6.79. The summed E-state index contributed by atoms with van der Waals surface area (Å²) in [7, 11) is 0. The van der Waals surface area contributed by atoms with Crippen LogP contribution in [0.5, 0.6) is 0 Å². The zero-order valence-corrected chi connectivity index (χ0v) is 10.0. The average molecular weight is 237 g/mol. The van der Waals surface area contributed by atoms with E-state index in [1.165, 1.54) is 0 Å². The molecule has 0 spiro atoms. The molecular formula is C12H13ClN2O. The van der Waals surface area contributed by atoms with Gasteiger partial charge in [0.2, 0.25) is 5.91 Å². The predicted octanol–water partition coefficient (Wildman–Crippen LogP) is 3.20. The van der Waals surface area contributed by atoms with Gasteiger partial charge in [0.05, 0.1) is 22.3 Å². The van der Waals surface area contributed by atoms with Crippen LogP contribution in [0.25, 0.3) is 0 Å². The van der Waals surface area contributed by atoms with Crippen LogP contribution in [-0.4, -0.2) is 5.91 Å². The second-order valence-corrected chi connectivity index (χ2v) is 4.01. The second-order valence-electron chi connectivity index (χ2n) is 3.60. The summed E-state index contributed by atoms with van der Waals surface area (Å²) in [5, 5.41) is 11.9. The van der Waals surface area contributed by atoms with Gasteiger partial charge in [-0.1, -0.05) is 25.4 Å². The lowest BCUT2D eigenvalue weighted by Crippen LogP contribution is -2.19. The van der Waals surface area contributed by atoms with Crippen LogP contribution >= 0.6 is 11.6 Å². The molecule has 3 nitrogen and oxygen atoms in total. The first-order chi connectivity index (χ1) is 7.58. The molecule has 0 fully saturated rings. The fourth-order valence-electron chi connectivity index (χ4n) is 1.13. The fourth-order valence-corrected chi connectivity index (χ4v) is 1.30. The van der Waals surface area contributed by atoms with E-state index < -0.39 is 0 Å². The normalized spacial score (nSPS) is 11.6. The van der Waals surface area contributed by atoms with Crippen LogP contribution in [0, 0.1) is 17.2 Å². The minimum Gasteiger partial charge on any atom is -0.324 e. The Morgan fingerprint density at radius 1 is 1.62 bits per heavy atom. The topological polar surface area (TPSA) is 52.9 Å². The van der Waals surface area contributed by atoms with E-state index in [-0.39, 0.29) is 11.8 Å². The number of nitrogens with one attached hydrogen (secondary N) is 1. The minimum absolute atomic E-state index is 0.0678. The Morgan fingerprint density at radius 2 is 2.31 bits per heavy atom. The molecule has 1 rings (SSSR count). The van der Waals surface area contributed by atoms with Gasteiger partial charge in [0.15, 0.2) is 0 Å². The Labute approximate surface area is 100 Å². The summed E-state index contributed by atoms with van der Waals surface area (Å²) in [4.78, 5) is 11.6. The van der Waals surface area contributed by atoms with Gasteiger partial charge in [-0.3, -0.25) is 4.79 Å². The lowest BCUT2D eigenvalue weighted by atomic mass is 10.1. The highest BCUT2D eigenvalue weighted by Crippen LogP contribution is 2.23. The minimum atomic E-state index is -0.0838. The van der Waals surface area contributed by atoms with Crippen molar-refractivity contribution in [3.63, 3.8) is 0 Å². The van der Waals surface area contributed by atoms with E-state index >= 15 is 0 Å². The third-order valence-corrected chi connectivity index (χ3v) is 2.74. The Bertz CT molecular complexity index is 437. The molecule has 0 aliphatic heterocycles. The van der Waals surface area contributed by atoms with Crippen molar-refractivity contribution in [1.29, 1.82) is 5.26 Å². The molecule has 1 N–H and O–H groups in total. The van der Waals surface area contributed by atoms with E-state index in [2.05, 4.69) is 5.32 Å². The van der Waals surface area contributed by atoms with Crippen LogP contribution in [0.2, 0.25) is 5.02 Å². The van der Waals surface area contributed by atoms with Crippen LogP contribution in [0.1, 0.15) is 25.8 Å². The summed E-state index contributed by atoms with van der Waals surface area (Å²) in [6.45, 7) is 3.79. The first-order valence-electron chi connectivity index (χ1n) is 5.09. The fraction of sp³-hybridized carbons (Fsp3) is 0.333. The van der Waals surface area contributed by atoms with Crippen molar-refractivity contribution in [3.05, 3.63) is 28.8 Å². The Kier molecular flexibility index (Phi) is 4.33. The monoisotopic (exact) mass is 236 g/mol. The van der Waals surface area contributed by atoms with E-state index in [1.807, 2.05) is 19.9 Å². The number of nitriles is 1. The number of carbonyl (C=O) groups is 1. The molecule has 0 aliphatic rings. The average Bonchev–Trinajstić information content (AvgIpc) is 2.30. The van der Waals surface area contributed by atoms with E-state index in [4.69, 9.17) is 16.9 Å². The number of hydrogen-bond acceptors (Lipinski definition) is 2. The lowest BCUT2D eigenvalue weighted by molar-refractivity contribution is -0.119. The Hall–Kier alpha value is -1.53. The molecule has 0 bridgehead atoms. The Morgan fingerprint density at radius 3 is 2.88 bits per heavy atom. The molecule has 16 heavy (non-hydrogen) atoms. The molecule has 0 aromatic heterocycles. The van der Waals surface area contributed by atoms with Crippen LogP contribution in [0.4, 0.5) is 5.69 Å². The van der Waals surface area contributed by atoms with Gasteiger partial charge in [0.25, 0.3) is 0 Å². The van der Waals surface area contributed by atoms with Gasteiger partial charge in [-0.25, -0.2) is 0 Å². The summed E-state index contributed by atoms with van der Waals surface area (Å²) in [5.74, 6) is -0.152. The van der Waals surface area contributed by atoms with Gasteiger partial charge in [-0.05, 0) is 24.6 Å². The molecule has 0 heterocycles. The number of benzene rings is 1. The quantitative estimate of drug-likeness (QED) is 0.876. The summed E-state index contributed by atoms with van der Waals surface area (Å²) in [5.41, 5.74) is 0.967. The van der Waals surface area contributed by atoms with Gasteiger partial charge in [0, 0.05) is 5.92 Å². The highest BCUT2D eigenvalue weighted by atomic mass is 35.5. The zero-order chi connectivity index (χ0) is 12.1.